The third kappa shape index (κ3) is 4.33. The molecule has 0 aliphatic rings. The molecule has 1 rings (SSSR count). The van der Waals surface area contributed by atoms with Gasteiger partial charge >= 0.3 is 0 Å². The predicted octanol–water partition coefficient (Wildman–Crippen LogP) is 1.85. The third-order valence-corrected chi connectivity index (χ3v) is 7.65. The highest BCUT2D eigenvalue weighted by Gasteiger charge is 2.36. The van der Waals surface area contributed by atoms with Gasteiger partial charge in [-0.25, -0.2) is 21.2 Å². The number of carbonyl (C=O) groups is 1. The molecule has 0 spiro atoms. The predicted molar refractivity (Wildman–Crippen MR) is 86.9 cm³/mol. The normalized spacial score (nSPS) is 13.4. The lowest BCUT2D eigenvalue weighted by Gasteiger charge is -2.24. The standard InChI is InChI=1S/C12H16ClFN2O5S2/c1-4-22(18,19)16(23(20,21)8(2)13)10-5-6-12(11(14)7-10)15-9(3)17/h5-8H,4H2,1-3H3,(H,15,17). The summed E-state index contributed by atoms with van der Waals surface area (Å²) in [6.07, 6.45) is 0. The smallest absolute Gasteiger partial charge is 0.264 e. The summed E-state index contributed by atoms with van der Waals surface area (Å²) in [5, 5.41) is 2.20. The molecule has 1 unspecified atom stereocenters. The van der Waals surface area contributed by atoms with Gasteiger partial charge in [0.1, 0.15) is 5.82 Å². The van der Waals surface area contributed by atoms with Gasteiger partial charge in [0.05, 0.1) is 17.1 Å². The van der Waals surface area contributed by atoms with Crippen molar-refractivity contribution in [3.05, 3.63) is 24.0 Å². The molecule has 1 amide bonds. The SMILES string of the molecule is CCS(=O)(=O)N(c1ccc(NC(C)=O)c(F)c1)S(=O)(=O)C(C)Cl. The second kappa shape index (κ2) is 7.02. The molecule has 0 aliphatic carbocycles. The van der Waals surface area contributed by atoms with Gasteiger partial charge in [0.15, 0.2) is 4.71 Å². The summed E-state index contributed by atoms with van der Waals surface area (Å²) in [5.41, 5.74) is -0.627. The summed E-state index contributed by atoms with van der Waals surface area (Å²) < 4.78 is 61.3. The molecule has 11 heteroatoms. The summed E-state index contributed by atoms with van der Waals surface area (Å²) in [7, 11) is -8.72. The van der Waals surface area contributed by atoms with Crippen molar-refractivity contribution in [3.63, 3.8) is 0 Å². The first kappa shape index (κ1) is 19.7. The Bertz CT molecular complexity index is 809. The van der Waals surface area contributed by atoms with Crippen molar-refractivity contribution in [2.75, 3.05) is 14.8 Å². The van der Waals surface area contributed by atoms with Crippen LogP contribution in [0.15, 0.2) is 18.2 Å². The van der Waals surface area contributed by atoms with Crippen LogP contribution in [-0.2, 0) is 24.8 Å². The van der Waals surface area contributed by atoms with Gasteiger partial charge in [0.25, 0.3) is 10.0 Å². The average molecular weight is 387 g/mol. The summed E-state index contributed by atoms with van der Waals surface area (Å²) >= 11 is 5.57. The number of amides is 1. The van der Waals surface area contributed by atoms with E-state index in [1.54, 1.807) is 0 Å². The van der Waals surface area contributed by atoms with Gasteiger partial charge in [-0.1, -0.05) is 0 Å². The first-order chi connectivity index (χ1) is 10.4. The van der Waals surface area contributed by atoms with Crippen LogP contribution in [0.2, 0.25) is 0 Å². The molecule has 130 valence electrons. The number of nitrogens with zero attached hydrogens (tertiary/aromatic N) is 1. The first-order valence-corrected chi connectivity index (χ1v) is 9.96. The van der Waals surface area contributed by atoms with Crippen molar-refractivity contribution in [2.45, 2.75) is 25.5 Å². The Morgan fingerprint density at radius 1 is 1.35 bits per heavy atom. The van der Waals surface area contributed by atoms with E-state index < -0.39 is 47.9 Å². The van der Waals surface area contributed by atoms with E-state index in [0.29, 0.717) is 6.07 Å². The number of sulfonamides is 2. The molecular weight excluding hydrogens is 371 g/mol. The van der Waals surface area contributed by atoms with Crippen molar-refractivity contribution in [3.8, 4) is 0 Å². The second-order valence-electron chi connectivity index (χ2n) is 4.53. The zero-order chi connectivity index (χ0) is 18.0. The van der Waals surface area contributed by atoms with Crippen LogP contribution in [0.25, 0.3) is 0 Å². The number of carbonyl (C=O) groups excluding carboxylic acids is 1. The number of hydrogen-bond donors (Lipinski definition) is 1. The number of anilines is 2. The monoisotopic (exact) mass is 386 g/mol. The van der Waals surface area contributed by atoms with Crippen LogP contribution in [0.1, 0.15) is 20.8 Å². The van der Waals surface area contributed by atoms with Crippen molar-refractivity contribution in [1.82, 2.24) is 0 Å². The molecule has 0 radical (unpaired) electrons. The van der Waals surface area contributed by atoms with E-state index in [1.807, 2.05) is 0 Å². The number of nitrogens with one attached hydrogen (secondary N) is 1. The molecule has 7 nitrogen and oxygen atoms in total. The van der Waals surface area contributed by atoms with E-state index in [0.717, 1.165) is 19.1 Å². The number of halogens is 2. The Hall–Kier alpha value is -1.39. The Morgan fingerprint density at radius 2 is 1.91 bits per heavy atom. The number of rotatable bonds is 6. The lowest BCUT2D eigenvalue weighted by molar-refractivity contribution is -0.114. The van der Waals surface area contributed by atoms with E-state index in [9.17, 15) is 26.0 Å². The zero-order valence-electron chi connectivity index (χ0n) is 12.6. The fourth-order valence-electron chi connectivity index (χ4n) is 1.62. The van der Waals surface area contributed by atoms with Crippen LogP contribution in [0.3, 0.4) is 0 Å². The van der Waals surface area contributed by atoms with E-state index in [4.69, 9.17) is 11.6 Å². The Morgan fingerprint density at radius 3 is 2.30 bits per heavy atom. The van der Waals surface area contributed by atoms with Crippen LogP contribution < -0.4 is 9.03 Å². The summed E-state index contributed by atoms with van der Waals surface area (Å²) in [6.45, 7) is 3.51. The van der Waals surface area contributed by atoms with Crippen LogP contribution in [0, 0.1) is 5.82 Å². The molecule has 0 heterocycles. The number of alkyl halides is 1. The van der Waals surface area contributed by atoms with Crippen LogP contribution in [-0.4, -0.2) is 33.2 Å². The Kier molecular flexibility index (Phi) is 6.00. The van der Waals surface area contributed by atoms with Gasteiger partial charge in [-0.05, 0) is 26.0 Å². The molecule has 0 saturated carbocycles. The van der Waals surface area contributed by atoms with E-state index in [1.165, 1.54) is 13.8 Å². The largest absolute Gasteiger partial charge is 0.324 e. The highest BCUT2D eigenvalue weighted by atomic mass is 35.5. The molecule has 1 atom stereocenters. The van der Waals surface area contributed by atoms with Gasteiger partial charge in [0, 0.05) is 13.0 Å². The Labute approximate surface area is 139 Å². The minimum absolute atomic E-state index is 0.109. The lowest BCUT2D eigenvalue weighted by Crippen LogP contribution is -2.41. The van der Waals surface area contributed by atoms with Gasteiger partial charge in [0.2, 0.25) is 15.9 Å². The summed E-state index contributed by atoms with van der Waals surface area (Å²) in [4.78, 5) is 10.9. The van der Waals surface area contributed by atoms with E-state index in [-0.39, 0.29) is 9.40 Å². The number of hydrogen-bond acceptors (Lipinski definition) is 5. The maximum atomic E-state index is 14.0. The van der Waals surface area contributed by atoms with Crippen molar-refractivity contribution >= 4 is 48.9 Å². The van der Waals surface area contributed by atoms with E-state index >= 15 is 0 Å². The van der Waals surface area contributed by atoms with Gasteiger partial charge in [-0.3, -0.25) is 4.79 Å². The summed E-state index contributed by atoms with van der Waals surface area (Å²) in [5.74, 6) is -2.03. The molecule has 0 aliphatic heterocycles. The quantitative estimate of drug-likeness (QED) is 0.752. The van der Waals surface area contributed by atoms with Crippen LogP contribution in [0.5, 0.6) is 0 Å². The van der Waals surface area contributed by atoms with Crippen LogP contribution >= 0.6 is 11.6 Å². The maximum Gasteiger partial charge on any atom is 0.264 e. The zero-order valence-corrected chi connectivity index (χ0v) is 15.0. The van der Waals surface area contributed by atoms with Crippen molar-refractivity contribution < 1.29 is 26.0 Å². The third-order valence-electron chi connectivity index (χ3n) is 2.73. The molecule has 1 aromatic rings. The van der Waals surface area contributed by atoms with Crippen LogP contribution in [0.4, 0.5) is 15.8 Å². The molecule has 0 saturated heterocycles. The molecule has 1 N–H and O–H groups in total. The number of benzene rings is 1. The van der Waals surface area contributed by atoms with Gasteiger partial charge in [-0.15, -0.1) is 11.6 Å². The fraction of sp³-hybridized carbons (Fsp3) is 0.417. The molecule has 0 fully saturated rings. The van der Waals surface area contributed by atoms with Crippen molar-refractivity contribution in [1.29, 1.82) is 0 Å². The highest BCUT2D eigenvalue weighted by Crippen LogP contribution is 2.29. The molecular formula is C12H16ClFN2O5S2. The molecule has 1 aromatic carbocycles. The molecule has 0 aromatic heterocycles. The fourth-order valence-corrected chi connectivity index (χ4v) is 5.31. The van der Waals surface area contributed by atoms with Crippen molar-refractivity contribution in [2.24, 2.45) is 0 Å². The highest BCUT2D eigenvalue weighted by molar-refractivity contribution is 8.11. The average Bonchev–Trinajstić information content (AvgIpc) is 2.40. The minimum Gasteiger partial charge on any atom is -0.324 e. The van der Waals surface area contributed by atoms with E-state index in [2.05, 4.69) is 5.32 Å². The summed E-state index contributed by atoms with van der Waals surface area (Å²) in [6, 6.07) is 2.84. The molecule has 23 heavy (non-hydrogen) atoms. The maximum absolute atomic E-state index is 14.0. The van der Waals surface area contributed by atoms with Gasteiger partial charge in [-0.2, -0.15) is 3.71 Å². The Balaban J connectivity index is 3.52. The molecule has 0 bridgehead atoms. The van der Waals surface area contributed by atoms with Gasteiger partial charge < -0.3 is 5.32 Å². The lowest BCUT2D eigenvalue weighted by atomic mass is 10.2. The minimum atomic E-state index is -4.46. The topological polar surface area (TPSA) is 101 Å². The first-order valence-electron chi connectivity index (χ1n) is 6.41. The second-order valence-corrected chi connectivity index (χ2v) is 9.88.